The van der Waals surface area contributed by atoms with Crippen molar-refractivity contribution in [1.29, 1.82) is 0 Å². The molecule has 1 amide bonds. The first-order chi connectivity index (χ1) is 16.5. The Kier molecular flexibility index (Phi) is 8.29. The van der Waals surface area contributed by atoms with Gasteiger partial charge in [-0.05, 0) is 51.3 Å². The number of aromatic nitrogens is 3. The van der Waals surface area contributed by atoms with Crippen molar-refractivity contribution in [3.63, 3.8) is 0 Å². The van der Waals surface area contributed by atoms with Crippen molar-refractivity contribution in [3.05, 3.63) is 30.1 Å². The first-order valence-electron chi connectivity index (χ1n) is 12.5. The molecule has 0 spiro atoms. The Morgan fingerprint density at radius 3 is 2.53 bits per heavy atom. The molecule has 0 radical (unpaired) electrons. The minimum absolute atomic E-state index is 0.0259. The Morgan fingerprint density at radius 2 is 1.85 bits per heavy atom. The molecule has 9 nitrogen and oxygen atoms in total. The van der Waals surface area contributed by atoms with Gasteiger partial charge in [-0.25, -0.2) is 4.98 Å². The first kappa shape index (κ1) is 24.3. The second-order valence-corrected chi connectivity index (χ2v) is 9.41. The van der Waals surface area contributed by atoms with Crippen LogP contribution in [0.25, 0.3) is 11.3 Å². The number of carbonyl (C=O) groups is 1. The van der Waals surface area contributed by atoms with E-state index in [1.165, 1.54) is 0 Å². The Hall–Kier alpha value is -2.78. The molecule has 4 rings (SSSR count). The molecular weight excluding hydrogens is 430 g/mol. The normalized spacial score (nSPS) is 21.3. The van der Waals surface area contributed by atoms with Crippen LogP contribution in [-0.4, -0.2) is 87.7 Å². The van der Waals surface area contributed by atoms with Crippen molar-refractivity contribution >= 4 is 17.7 Å². The molecule has 184 valence electrons. The van der Waals surface area contributed by atoms with Crippen LogP contribution in [-0.2, 0) is 0 Å². The van der Waals surface area contributed by atoms with E-state index >= 15 is 0 Å². The van der Waals surface area contributed by atoms with E-state index in [2.05, 4.69) is 39.5 Å². The van der Waals surface area contributed by atoms with Crippen LogP contribution in [0.5, 0.6) is 0 Å². The molecule has 2 aliphatic rings. The third-order valence-electron chi connectivity index (χ3n) is 6.72. The topological polar surface area (TPSA) is 107 Å². The predicted octanol–water partition coefficient (Wildman–Crippen LogP) is 2.85. The minimum Gasteiger partial charge on any atom is -0.393 e. The summed E-state index contributed by atoms with van der Waals surface area (Å²) in [5.41, 5.74) is 2.14. The Labute approximate surface area is 202 Å². The van der Waals surface area contributed by atoms with E-state index in [1.54, 1.807) is 12.4 Å². The van der Waals surface area contributed by atoms with Crippen LogP contribution < -0.4 is 10.6 Å². The van der Waals surface area contributed by atoms with E-state index in [9.17, 15) is 9.90 Å². The van der Waals surface area contributed by atoms with Gasteiger partial charge in [0.2, 0.25) is 5.95 Å². The Morgan fingerprint density at radius 1 is 1.09 bits per heavy atom. The van der Waals surface area contributed by atoms with Crippen molar-refractivity contribution in [3.8, 4) is 11.3 Å². The number of hydrogen-bond donors (Lipinski definition) is 3. The number of rotatable bonds is 8. The van der Waals surface area contributed by atoms with Crippen LogP contribution in [0.4, 0.5) is 11.8 Å². The molecular formula is C25H37N7O2. The van der Waals surface area contributed by atoms with E-state index in [4.69, 9.17) is 4.98 Å². The Bertz CT molecular complexity index is 937. The average molecular weight is 468 g/mol. The van der Waals surface area contributed by atoms with Crippen molar-refractivity contribution < 1.29 is 9.90 Å². The molecule has 34 heavy (non-hydrogen) atoms. The summed E-state index contributed by atoms with van der Waals surface area (Å²) in [5, 5.41) is 16.7. The van der Waals surface area contributed by atoms with Gasteiger partial charge in [0, 0.05) is 51.2 Å². The summed E-state index contributed by atoms with van der Waals surface area (Å²) in [4.78, 5) is 30.9. The van der Waals surface area contributed by atoms with Gasteiger partial charge in [-0.2, -0.15) is 4.98 Å². The number of aliphatic hydroxyl groups is 1. The fourth-order valence-corrected chi connectivity index (χ4v) is 4.43. The number of aliphatic hydroxyl groups excluding tert-OH is 1. The molecule has 0 aromatic carbocycles. The van der Waals surface area contributed by atoms with Crippen LogP contribution in [0.1, 0.15) is 55.8 Å². The lowest BCUT2D eigenvalue weighted by Gasteiger charge is -2.32. The lowest BCUT2D eigenvalue weighted by atomic mass is 9.93. The molecule has 2 aromatic heterocycles. The number of amides is 1. The van der Waals surface area contributed by atoms with E-state index in [-0.39, 0.29) is 18.1 Å². The second-order valence-electron chi connectivity index (χ2n) is 9.41. The van der Waals surface area contributed by atoms with Crippen molar-refractivity contribution in [1.82, 2.24) is 24.8 Å². The minimum atomic E-state index is -0.207. The average Bonchev–Trinajstić information content (AvgIpc) is 2.86. The number of nitrogens with zero attached hydrogens (tertiary/aromatic N) is 5. The highest BCUT2D eigenvalue weighted by atomic mass is 16.3. The molecule has 3 N–H and O–H groups in total. The highest BCUT2D eigenvalue weighted by Gasteiger charge is 2.23. The van der Waals surface area contributed by atoms with E-state index in [1.807, 2.05) is 17.0 Å². The quantitative estimate of drug-likeness (QED) is 0.509. The van der Waals surface area contributed by atoms with Gasteiger partial charge in [-0.3, -0.25) is 9.78 Å². The van der Waals surface area contributed by atoms with Gasteiger partial charge in [0.1, 0.15) is 5.82 Å². The SMILES string of the molecule is CCCCNc1ncc(-c2ccc(C(=O)N3CCN(C)CC3)cn2)c(N[C@H]2CC[C@H](O)CC2)n1. The molecule has 0 atom stereocenters. The zero-order valence-corrected chi connectivity index (χ0v) is 20.3. The number of anilines is 2. The third-order valence-corrected chi connectivity index (χ3v) is 6.72. The predicted molar refractivity (Wildman–Crippen MR) is 134 cm³/mol. The highest BCUT2D eigenvalue weighted by Crippen LogP contribution is 2.29. The van der Waals surface area contributed by atoms with E-state index in [0.29, 0.717) is 11.5 Å². The zero-order chi connectivity index (χ0) is 23.9. The summed E-state index contributed by atoms with van der Waals surface area (Å²) in [5.74, 6) is 1.36. The Balaban J connectivity index is 1.52. The third kappa shape index (κ3) is 6.21. The maximum atomic E-state index is 12.9. The zero-order valence-electron chi connectivity index (χ0n) is 20.3. The molecule has 1 aliphatic carbocycles. The second kappa shape index (κ2) is 11.6. The number of nitrogens with one attached hydrogen (secondary N) is 2. The summed E-state index contributed by atoms with van der Waals surface area (Å²) in [7, 11) is 2.08. The fourth-order valence-electron chi connectivity index (χ4n) is 4.43. The van der Waals surface area contributed by atoms with Crippen LogP contribution in [0, 0.1) is 0 Å². The summed E-state index contributed by atoms with van der Waals surface area (Å²) >= 11 is 0. The van der Waals surface area contributed by atoms with Crippen LogP contribution in [0.2, 0.25) is 0 Å². The molecule has 2 aromatic rings. The number of likely N-dealkylation sites (N-methyl/N-ethyl adjacent to an activating group) is 1. The van der Waals surface area contributed by atoms with Gasteiger partial charge in [0.25, 0.3) is 5.91 Å². The number of hydrogen-bond acceptors (Lipinski definition) is 8. The number of piperazine rings is 1. The van der Waals surface area contributed by atoms with E-state index in [0.717, 1.165) is 88.3 Å². The van der Waals surface area contributed by atoms with Crippen LogP contribution in [0.3, 0.4) is 0 Å². The molecule has 1 saturated heterocycles. The van der Waals surface area contributed by atoms with Crippen molar-refractivity contribution in [2.24, 2.45) is 0 Å². The maximum Gasteiger partial charge on any atom is 0.255 e. The lowest BCUT2D eigenvalue weighted by molar-refractivity contribution is 0.0663. The first-order valence-corrected chi connectivity index (χ1v) is 12.5. The monoisotopic (exact) mass is 467 g/mol. The molecule has 2 fully saturated rings. The number of carbonyl (C=O) groups excluding carboxylic acids is 1. The number of unbranched alkanes of at least 4 members (excludes halogenated alkanes) is 1. The summed E-state index contributed by atoms with van der Waals surface area (Å²) in [6.07, 6.45) is 8.78. The van der Waals surface area contributed by atoms with Gasteiger partial charge in [-0.1, -0.05) is 13.3 Å². The van der Waals surface area contributed by atoms with Gasteiger partial charge in [-0.15, -0.1) is 0 Å². The van der Waals surface area contributed by atoms with Crippen LogP contribution in [0.15, 0.2) is 24.5 Å². The summed E-state index contributed by atoms with van der Waals surface area (Å²) in [6, 6.07) is 3.97. The van der Waals surface area contributed by atoms with Gasteiger partial charge in [0.05, 0.1) is 22.9 Å². The van der Waals surface area contributed by atoms with Gasteiger partial charge >= 0.3 is 0 Å². The van der Waals surface area contributed by atoms with Crippen molar-refractivity contribution in [2.75, 3.05) is 50.4 Å². The smallest absolute Gasteiger partial charge is 0.255 e. The summed E-state index contributed by atoms with van der Waals surface area (Å²) in [6.45, 7) is 6.23. The van der Waals surface area contributed by atoms with E-state index < -0.39 is 0 Å². The maximum absolute atomic E-state index is 12.9. The van der Waals surface area contributed by atoms with Gasteiger partial charge < -0.3 is 25.5 Å². The standard InChI is InChI=1S/C25H37N7O2/c1-3-4-11-26-25-28-17-21(23(30-25)29-19-6-8-20(33)9-7-19)22-10-5-18(16-27-22)24(34)32-14-12-31(2)13-15-32/h5,10,16-17,19-20,33H,3-4,6-9,11-15H2,1-2H3,(H2,26,28,29,30)/t19-,20-. The number of pyridine rings is 1. The van der Waals surface area contributed by atoms with Gasteiger partial charge in [0.15, 0.2) is 0 Å². The molecule has 1 saturated carbocycles. The molecule has 1 aliphatic heterocycles. The fraction of sp³-hybridized carbons (Fsp3) is 0.600. The van der Waals surface area contributed by atoms with Crippen LogP contribution >= 0.6 is 0 Å². The largest absolute Gasteiger partial charge is 0.393 e. The molecule has 0 bridgehead atoms. The molecule has 0 unspecified atom stereocenters. The lowest BCUT2D eigenvalue weighted by Crippen LogP contribution is -2.47. The highest BCUT2D eigenvalue weighted by molar-refractivity contribution is 5.94. The molecule has 9 heteroatoms. The molecule has 3 heterocycles. The summed E-state index contributed by atoms with van der Waals surface area (Å²) < 4.78 is 0. The van der Waals surface area contributed by atoms with Crippen molar-refractivity contribution in [2.45, 2.75) is 57.6 Å².